The van der Waals surface area contributed by atoms with Crippen LogP contribution >= 0.6 is 77.4 Å². The van der Waals surface area contributed by atoms with Gasteiger partial charge in [-0.2, -0.15) is 77.4 Å². The van der Waals surface area contributed by atoms with E-state index in [2.05, 4.69) is 0 Å². The van der Waals surface area contributed by atoms with Gasteiger partial charge in [0.05, 0.1) is 0 Å². The van der Waals surface area contributed by atoms with Gasteiger partial charge in [-0.3, -0.25) is 0 Å². The van der Waals surface area contributed by atoms with Gasteiger partial charge >= 0.3 is 0 Å². The lowest BCUT2D eigenvalue weighted by molar-refractivity contribution is 6.92. The van der Waals surface area contributed by atoms with Gasteiger partial charge in [-0.05, 0) is 0 Å². The van der Waals surface area contributed by atoms with E-state index in [1.165, 1.54) is 0 Å². The van der Waals surface area contributed by atoms with E-state index in [1.807, 2.05) is 0 Å². The van der Waals surface area contributed by atoms with Crippen molar-refractivity contribution in [1.82, 2.24) is 0 Å². The van der Waals surface area contributed by atoms with Crippen LogP contribution in [0.5, 0.6) is 0 Å². The Morgan fingerprint density at radius 3 is 0.333 bits per heavy atom. The molecule has 0 spiro atoms. The predicted molar refractivity (Wildman–Crippen MR) is 63.0 cm³/mol. The summed E-state index contributed by atoms with van der Waals surface area (Å²) < 4.78 is 0. The van der Waals surface area contributed by atoms with Crippen LogP contribution in [0.3, 0.4) is 0 Å². The molecule has 0 nitrogen and oxygen atoms in total. The summed E-state index contributed by atoms with van der Waals surface area (Å²) in [5.74, 6) is 0. The summed E-state index contributed by atoms with van der Waals surface area (Å²) in [6, 6.07) is 0. The highest BCUT2D eigenvalue weighted by molar-refractivity contribution is 7.60. The lowest BCUT2D eigenvalue weighted by Gasteiger charge is -0.198. The van der Waals surface area contributed by atoms with Gasteiger partial charge in [-0.15, -0.1) is 0 Å². The Balaban J connectivity index is 0. The summed E-state index contributed by atoms with van der Waals surface area (Å²) in [7, 11) is 0. The second-order valence-corrected chi connectivity index (χ2v) is 0. The molecule has 0 aromatic heterocycles. The molecule has 0 saturated heterocycles. The third-order valence-electron chi connectivity index (χ3n) is 0. The Kier molecular flexibility index (Phi) is 853. The van der Waals surface area contributed by atoms with Crippen molar-refractivity contribution in [2.75, 3.05) is 0 Å². The van der Waals surface area contributed by atoms with Crippen molar-refractivity contribution in [2.45, 2.75) is 0 Å². The fraction of sp³-hybridized carbons (Fsp3) is 0. The SMILES string of the molecule is P.S.S.S.S.S. The minimum absolute atomic E-state index is 0. The molecule has 0 aliphatic carbocycles. The molecule has 0 aromatic carbocycles. The Hall–Kier alpha value is 2.18. The lowest BCUT2D eigenvalue weighted by atomic mass is 31.0. The molecular formula is H13PS5. The summed E-state index contributed by atoms with van der Waals surface area (Å²) in [5.41, 5.74) is 0. The minimum atomic E-state index is 0. The van der Waals surface area contributed by atoms with E-state index >= 15 is 0 Å². The van der Waals surface area contributed by atoms with E-state index in [1.54, 1.807) is 0 Å². The molecule has 0 aliphatic heterocycles. The normalized spacial score (nSPS) is 0. The minimum Gasteiger partial charge on any atom is -0.197 e. The second-order valence-electron chi connectivity index (χ2n) is 0. The van der Waals surface area contributed by atoms with Crippen LogP contribution in [-0.4, -0.2) is 0 Å². The first-order chi connectivity index (χ1) is 0. The first-order valence-corrected chi connectivity index (χ1v) is 0. The van der Waals surface area contributed by atoms with Crippen LogP contribution in [0.4, 0.5) is 0 Å². The molecule has 1 unspecified atom stereocenters. The van der Waals surface area contributed by atoms with Crippen LogP contribution in [0, 0.1) is 0 Å². The van der Waals surface area contributed by atoms with Gasteiger partial charge in [0, 0.05) is 0 Å². The van der Waals surface area contributed by atoms with Crippen molar-refractivity contribution in [1.29, 1.82) is 0 Å². The summed E-state index contributed by atoms with van der Waals surface area (Å²) >= 11 is 0. The third-order valence-corrected chi connectivity index (χ3v) is 0. The maximum absolute atomic E-state index is 0. The molecule has 48 valence electrons. The molecule has 0 saturated carbocycles. The van der Waals surface area contributed by atoms with E-state index in [0.29, 0.717) is 0 Å². The highest BCUT2D eigenvalue weighted by Gasteiger charge is -0.153. The molecule has 0 aromatic rings. The van der Waals surface area contributed by atoms with E-state index in [4.69, 9.17) is 0 Å². The van der Waals surface area contributed by atoms with Gasteiger partial charge < -0.3 is 0 Å². The molecule has 0 bridgehead atoms. The highest BCUT2D eigenvalue weighted by Crippen LogP contribution is 0.861. The fourth-order valence-corrected chi connectivity index (χ4v) is 0. The zero-order valence-corrected chi connectivity index (χ0v) is 9.62. The zero-order valence-electron chi connectivity index (χ0n) is 3.21. The van der Waals surface area contributed by atoms with Crippen LogP contribution in [0.1, 0.15) is 0 Å². The average molecular weight is 204 g/mol. The molecule has 0 radical (unpaired) electrons. The predicted octanol–water partition coefficient (Wildman–Crippen LogP) is 0.622. The molecule has 0 rings (SSSR count). The summed E-state index contributed by atoms with van der Waals surface area (Å²) in [6.07, 6.45) is 0. The molecule has 0 N–H and O–H groups in total. The Labute approximate surface area is 77.1 Å². The van der Waals surface area contributed by atoms with Crippen LogP contribution in [0.2, 0.25) is 0 Å². The van der Waals surface area contributed by atoms with Gasteiger partial charge in [0.15, 0.2) is 0 Å². The molecule has 0 amide bonds. The van der Waals surface area contributed by atoms with E-state index < -0.39 is 0 Å². The highest BCUT2D eigenvalue weighted by atomic mass is 32.1. The van der Waals surface area contributed by atoms with Gasteiger partial charge in [-0.1, -0.05) is 0 Å². The van der Waals surface area contributed by atoms with Crippen LogP contribution in [-0.2, 0) is 0 Å². The van der Waals surface area contributed by atoms with Crippen molar-refractivity contribution in [3.63, 3.8) is 0 Å². The van der Waals surface area contributed by atoms with Gasteiger partial charge in [0.1, 0.15) is 0 Å². The number of rotatable bonds is 0. The summed E-state index contributed by atoms with van der Waals surface area (Å²) in [6.45, 7) is 0. The van der Waals surface area contributed by atoms with E-state index in [-0.39, 0.29) is 77.4 Å². The van der Waals surface area contributed by atoms with Crippen molar-refractivity contribution >= 4 is 77.4 Å². The Bertz CT molecular complexity index is 3.90. The maximum atomic E-state index is 0. The van der Waals surface area contributed by atoms with E-state index in [9.17, 15) is 0 Å². The smallest absolute Gasteiger partial charge is 0.153 e. The Morgan fingerprint density at radius 1 is 0.333 bits per heavy atom. The van der Waals surface area contributed by atoms with Crippen LogP contribution in [0.15, 0.2) is 0 Å². The standard InChI is InChI=1S/H3P.5H2S/h1H3;5*1H2. The summed E-state index contributed by atoms with van der Waals surface area (Å²) in [4.78, 5) is 0. The molecule has 0 aliphatic rings. The largest absolute Gasteiger partial charge is 0.197 e. The average Bonchev–Trinajstić information content (AvgIpc) is 0. The van der Waals surface area contributed by atoms with Crippen LogP contribution in [0.25, 0.3) is 0 Å². The van der Waals surface area contributed by atoms with Crippen molar-refractivity contribution in [2.24, 2.45) is 0 Å². The van der Waals surface area contributed by atoms with Crippen molar-refractivity contribution < 1.29 is 0 Å². The maximum Gasteiger partial charge on any atom is -0.153 e. The van der Waals surface area contributed by atoms with Gasteiger partial charge in [0.25, 0.3) is 0 Å². The Morgan fingerprint density at radius 2 is 0.333 bits per heavy atom. The van der Waals surface area contributed by atoms with Crippen molar-refractivity contribution in [3.8, 4) is 0 Å². The van der Waals surface area contributed by atoms with Crippen LogP contribution < -0.4 is 0 Å². The third kappa shape index (κ3) is 34.9. The number of hydrogen-bond donors (Lipinski definition) is 0. The quantitative estimate of drug-likeness (QED) is 0.508. The zero-order chi connectivity index (χ0) is 0. The molecule has 0 heterocycles. The molecule has 6 heavy (non-hydrogen) atoms. The fourth-order valence-electron chi connectivity index (χ4n) is 0. The lowest BCUT2D eigenvalue weighted by Crippen LogP contribution is 0.647. The molecule has 6 heteroatoms. The second kappa shape index (κ2) is 57.7. The summed E-state index contributed by atoms with van der Waals surface area (Å²) in [5, 5.41) is 0. The number of hydrogen-bond acceptors (Lipinski definition) is 0. The van der Waals surface area contributed by atoms with Crippen molar-refractivity contribution in [3.05, 3.63) is 0 Å². The van der Waals surface area contributed by atoms with Gasteiger partial charge in [-0.25, -0.2) is 0 Å². The molecule has 1 atom stereocenters. The topological polar surface area (TPSA) is 0 Å². The van der Waals surface area contributed by atoms with E-state index in [0.717, 1.165) is 0 Å². The molecule has 0 fully saturated rings. The first-order valence-electron chi connectivity index (χ1n) is 0. The first kappa shape index (κ1) is 88.7. The monoisotopic (exact) mass is 204 g/mol. The molecular weight excluding hydrogens is 191 g/mol. The van der Waals surface area contributed by atoms with Gasteiger partial charge in [0.2, 0.25) is 0 Å².